The number of nitrogens with one attached hydrogen (secondary N) is 1. The zero-order chi connectivity index (χ0) is 12.3. The van der Waals surface area contributed by atoms with Crippen LogP contribution in [0.4, 0.5) is 4.79 Å². The van der Waals surface area contributed by atoms with E-state index in [4.69, 9.17) is 9.84 Å². The summed E-state index contributed by atoms with van der Waals surface area (Å²) in [5.41, 5.74) is 0.198. The van der Waals surface area contributed by atoms with Crippen LogP contribution in [0.1, 0.15) is 10.4 Å². The molecule has 1 atom stereocenters. The van der Waals surface area contributed by atoms with Crippen LogP contribution < -0.4 is 5.32 Å². The van der Waals surface area contributed by atoms with Gasteiger partial charge in [-0.1, -0.05) is 0 Å². The number of ether oxygens (including phenoxy) is 1. The van der Waals surface area contributed by atoms with Gasteiger partial charge in [0.15, 0.2) is 0 Å². The third kappa shape index (κ3) is 3.10. The highest BCUT2D eigenvalue weighted by atomic mass is 32.2. The molecule has 1 amide bonds. The first-order valence-corrected chi connectivity index (χ1v) is 5.90. The smallest absolute Gasteiger partial charge is 0.407 e. The number of pyridine rings is 1. The van der Waals surface area contributed by atoms with E-state index in [1.54, 1.807) is 0 Å². The van der Waals surface area contributed by atoms with Crippen LogP contribution in [0.2, 0.25) is 0 Å². The molecule has 1 aliphatic rings. The molecule has 2 rings (SSSR count). The number of carboxylic acids is 1. The molecule has 0 bridgehead atoms. The predicted molar refractivity (Wildman–Crippen MR) is 60.2 cm³/mol. The molecule has 0 aromatic carbocycles. The van der Waals surface area contributed by atoms with Crippen LogP contribution in [0, 0.1) is 0 Å². The maximum atomic E-state index is 10.8. The Balaban J connectivity index is 1.92. The quantitative estimate of drug-likeness (QED) is 0.779. The number of aromatic nitrogens is 1. The maximum absolute atomic E-state index is 10.8. The molecule has 0 radical (unpaired) electrons. The minimum Gasteiger partial charge on any atom is -0.478 e. The van der Waals surface area contributed by atoms with E-state index in [0.717, 1.165) is 0 Å². The summed E-state index contributed by atoms with van der Waals surface area (Å²) in [7, 11) is 0. The van der Waals surface area contributed by atoms with Gasteiger partial charge in [-0.3, -0.25) is 0 Å². The lowest BCUT2D eigenvalue weighted by Crippen LogP contribution is -2.16. The molecule has 2 heterocycles. The first kappa shape index (κ1) is 11.7. The van der Waals surface area contributed by atoms with Crippen molar-refractivity contribution in [3.63, 3.8) is 0 Å². The van der Waals surface area contributed by atoms with Gasteiger partial charge in [-0.2, -0.15) is 0 Å². The van der Waals surface area contributed by atoms with Crippen molar-refractivity contribution in [1.29, 1.82) is 0 Å². The minimum atomic E-state index is -0.983. The van der Waals surface area contributed by atoms with Gasteiger partial charge in [-0.05, 0) is 12.1 Å². The van der Waals surface area contributed by atoms with Crippen molar-refractivity contribution in [1.82, 2.24) is 10.3 Å². The van der Waals surface area contributed by atoms with E-state index in [2.05, 4.69) is 10.3 Å². The third-order valence-electron chi connectivity index (χ3n) is 2.15. The number of carboxylic acid groups (broad SMARTS) is 1. The molecule has 0 spiro atoms. The fourth-order valence-electron chi connectivity index (χ4n) is 1.32. The molecule has 1 aromatic rings. The van der Waals surface area contributed by atoms with Gasteiger partial charge in [-0.25, -0.2) is 14.6 Å². The molecule has 1 unspecified atom stereocenters. The Morgan fingerprint density at radius 3 is 3.18 bits per heavy atom. The first-order chi connectivity index (χ1) is 8.15. The topological polar surface area (TPSA) is 88.5 Å². The Morgan fingerprint density at radius 2 is 2.53 bits per heavy atom. The molecule has 90 valence electrons. The number of rotatable bonds is 4. The summed E-state index contributed by atoms with van der Waals surface area (Å²) in [5, 5.41) is 12.0. The summed E-state index contributed by atoms with van der Waals surface area (Å²) in [6.45, 7) is 0.477. The Morgan fingerprint density at radius 1 is 1.71 bits per heavy atom. The van der Waals surface area contributed by atoms with Gasteiger partial charge in [0.1, 0.15) is 6.10 Å². The van der Waals surface area contributed by atoms with Crippen LogP contribution >= 0.6 is 11.8 Å². The largest absolute Gasteiger partial charge is 0.478 e. The van der Waals surface area contributed by atoms with Crippen LogP contribution in [0.5, 0.6) is 0 Å². The van der Waals surface area contributed by atoms with E-state index < -0.39 is 12.1 Å². The molecular formula is C10H10N2O4S. The van der Waals surface area contributed by atoms with Crippen LogP contribution in [0.15, 0.2) is 23.4 Å². The summed E-state index contributed by atoms with van der Waals surface area (Å²) >= 11 is 1.36. The second-order valence-electron chi connectivity index (χ2n) is 3.41. The SMILES string of the molecule is O=C1NCC(CSc2cc(C(=O)O)ccn2)O1. The zero-order valence-corrected chi connectivity index (χ0v) is 9.57. The lowest BCUT2D eigenvalue weighted by atomic mass is 10.3. The highest BCUT2D eigenvalue weighted by Crippen LogP contribution is 2.19. The molecule has 1 aromatic heterocycles. The molecule has 1 fully saturated rings. The minimum absolute atomic E-state index is 0.192. The third-order valence-corrected chi connectivity index (χ3v) is 3.20. The summed E-state index contributed by atoms with van der Waals surface area (Å²) in [6.07, 6.45) is 0.843. The first-order valence-electron chi connectivity index (χ1n) is 4.92. The summed E-state index contributed by atoms with van der Waals surface area (Å²) in [5.74, 6) is -0.433. The van der Waals surface area contributed by atoms with Crippen molar-refractivity contribution in [2.45, 2.75) is 11.1 Å². The average molecular weight is 254 g/mol. The number of hydrogen-bond donors (Lipinski definition) is 2. The maximum Gasteiger partial charge on any atom is 0.407 e. The number of carbonyl (C=O) groups is 2. The average Bonchev–Trinajstić information content (AvgIpc) is 2.73. The summed E-state index contributed by atoms with van der Waals surface area (Å²) < 4.78 is 4.95. The van der Waals surface area contributed by atoms with Crippen molar-refractivity contribution in [3.05, 3.63) is 23.9 Å². The van der Waals surface area contributed by atoms with Gasteiger partial charge in [-0.15, -0.1) is 11.8 Å². The van der Waals surface area contributed by atoms with E-state index >= 15 is 0 Å². The summed E-state index contributed by atoms with van der Waals surface area (Å²) in [4.78, 5) is 25.6. The van der Waals surface area contributed by atoms with Gasteiger partial charge >= 0.3 is 12.1 Å². The monoisotopic (exact) mass is 254 g/mol. The number of cyclic esters (lactones) is 1. The predicted octanol–water partition coefficient (Wildman–Crippen LogP) is 0.980. The molecule has 6 nitrogen and oxygen atoms in total. The number of nitrogens with zero attached hydrogens (tertiary/aromatic N) is 1. The van der Waals surface area contributed by atoms with Crippen molar-refractivity contribution in [3.8, 4) is 0 Å². The highest BCUT2D eigenvalue weighted by molar-refractivity contribution is 7.99. The number of thioether (sulfide) groups is 1. The lowest BCUT2D eigenvalue weighted by Gasteiger charge is -2.06. The standard InChI is InChI=1S/C10H10N2O4S/c13-9(14)6-1-2-11-8(3-6)17-5-7-4-12-10(15)16-7/h1-3,7H,4-5H2,(H,12,15)(H,13,14). The van der Waals surface area contributed by atoms with Gasteiger partial charge < -0.3 is 15.2 Å². The van der Waals surface area contributed by atoms with Gasteiger partial charge in [0.2, 0.25) is 0 Å². The molecule has 1 saturated heterocycles. The van der Waals surface area contributed by atoms with E-state index in [1.165, 1.54) is 30.1 Å². The second kappa shape index (κ2) is 5.05. The molecule has 2 N–H and O–H groups in total. The molecule has 1 aliphatic heterocycles. The van der Waals surface area contributed by atoms with Crippen molar-refractivity contribution in [2.75, 3.05) is 12.3 Å². The molecule has 17 heavy (non-hydrogen) atoms. The Hall–Kier alpha value is -1.76. The van der Waals surface area contributed by atoms with Gasteiger partial charge in [0.25, 0.3) is 0 Å². The Labute approximate surface area is 101 Å². The van der Waals surface area contributed by atoms with E-state index in [0.29, 0.717) is 17.3 Å². The van der Waals surface area contributed by atoms with Gasteiger partial charge in [0.05, 0.1) is 17.1 Å². The second-order valence-corrected chi connectivity index (χ2v) is 4.45. The van der Waals surface area contributed by atoms with Crippen LogP contribution in [0.25, 0.3) is 0 Å². The number of aromatic carboxylic acids is 1. The van der Waals surface area contributed by atoms with Gasteiger partial charge in [0, 0.05) is 11.9 Å². The van der Waals surface area contributed by atoms with Crippen molar-refractivity contribution < 1.29 is 19.4 Å². The highest BCUT2D eigenvalue weighted by Gasteiger charge is 2.22. The number of alkyl carbamates (subject to hydrolysis) is 1. The zero-order valence-electron chi connectivity index (χ0n) is 8.75. The fourth-order valence-corrected chi connectivity index (χ4v) is 2.21. The van der Waals surface area contributed by atoms with E-state index in [-0.39, 0.29) is 11.7 Å². The molecule has 7 heteroatoms. The number of carbonyl (C=O) groups excluding carboxylic acids is 1. The van der Waals surface area contributed by atoms with Crippen LogP contribution in [-0.2, 0) is 4.74 Å². The van der Waals surface area contributed by atoms with Crippen molar-refractivity contribution >= 4 is 23.8 Å². The van der Waals surface area contributed by atoms with E-state index in [1.807, 2.05) is 0 Å². The van der Waals surface area contributed by atoms with Crippen LogP contribution in [0.3, 0.4) is 0 Å². The normalized spacial score (nSPS) is 18.6. The van der Waals surface area contributed by atoms with Crippen molar-refractivity contribution in [2.24, 2.45) is 0 Å². The Kier molecular flexibility index (Phi) is 3.48. The summed E-state index contributed by atoms with van der Waals surface area (Å²) in [6, 6.07) is 2.93. The lowest BCUT2D eigenvalue weighted by molar-refractivity contribution is 0.0696. The molecule has 0 aliphatic carbocycles. The number of amides is 1. The molecule has 0 saturated carbocycles. The Bertz CT molecular complexity index is 452. The molecular weight excluding hydrogens is 244 g/mol. The van der Waals surface area contributed by atoms with E-state index in [9.17, 15) is 9.59 Å². The fraction of sp³-hybridized carbons (Fsp3) is 0.300. The number of hydrogen-bond acceptors (Lipinski definition) is 5. The van der Waals surface area contributed by atoms with Crippen LogP contribution in [-0.4, -0.2) is 40.6 Å².